The Bertz CT molecular complexity index is 964. The number of amides is 2. The van der Waals surface area contributed by atoms with Crippen LogP contribution in [-0.2, 0) is 20.6 Å². The standard InChI is InChI=1S/C20H17F5N2O3/c1-30-27-9-8-13(11-4-2-5-12(10-11)20(23,24)25)16(19(27)29)18(28)26-15-7-3-6-14(21)17(15)22/h2-7,10,13,16H,8-9H2,1H3,(H,26,28)/t13-,16+/m1/s1. The number of nitrogens with zero attached hydrogens (tertiary/aromatic N) is 1. The third-order valence-electron chi connectivity index (χ3n) is 4.91. The molecule has 1 heterocycles. The van der Waals surface area contributed by atoms with E-state index in [4.69, 9.17) is 4.84 Å². The van der Waals surface area contributed by atoms with Gasteiger partial charge < -0.3 is 5.32 Å². The molecule has 2 aromatic carbocycles. The van der Waals surface area contributed by atoms with Gasteiger partial charge in [0.2, 0.25) is 5.91 Å². The number of anilines is 1. The number of benzene rings is 2. The molecule has 2 amide bonds. The van der Waals surface area contributed by atoms with E-state index in [1.807, 2.05) is 0 Å². The number of piperidine rings is 1. The van der Waals surface area contributed by atoms with Gasteiger partial charge in [-0.05, 0) is 30.2 Å². The van der Waals surface area contributed by atoms with Crippen LogP contribution in [-0.4, -0.2) is 30.5 Å². The number of halogens is 5. The Hall–Kier alpha value is -3.01. The van der Waals surface area contributed by atoms with Crippen molar-refractivity contribution in [2.75, 3.05) is 19.0 Å². The highest BCUT2D eigenvalue weighted by molar-refractivity contribution is 6.07. The van der Waals surface area contributed by atoms with E-state index in [2.05, 4.69) is 5.32 Å². The molecule has 1 aliphatic rings. The van der Waals surface area contributed by atoms with Crippen LogP contribution in [0.2, 0.25) is 0 Å². The molecule has 0 spiro atoms. The summed E-state index contributed by atoms with van der Waals surface area (Å²) in [7, 11) is 1.21. The van der Waals surface area contributed by atoms with Gasteiger partial charge >= 0.3 is 6.18 Å². The predicted octanol–water partition coefficient (Wildman–Crippen LogP) is 4.12. The van der Waals surface area contributed by atoms with E-state index in [1.54, 1.807) is 0 Å². The zero-order valence-electron chi connectivity index (χ0n) is 15.7. The Morgan fingerprint density at radius 1 is 1.17 bits per heavy atom. The number of nitrogens with one attached hydrogen (secondary N) is 1. The fraction of sp³-hybridized carbons (Fsp3) is 0.300. The second kappa shape index (κ2) is 8.39. The summed E-state index contributed by atoms with van der Waals surface area (Å²) in [6.07, 6.45) is -4.47. The molecule has 1 fully saturated rings. The molecule has 5 nitrogen and oxygen atoms in total. The van der Waals surface area contributed by atoms with Gasteiger partial charge in [-0.25, -0.2) is 13.8 Å². The molecule has 0 aliphatic carbocycles. The van der Waals surface area contributed by atoms with Crippen LogP contribution >= 0.6 is 0 Å². The zero-order chi connectivity index (χ0) is 22.1. The highest BCUT2D eigenvalue weighted by atomic mass is 19.4. The second-order valence-corrected chi connectivity index (χ2v) is 6.71. The van der Waals surface area contributed by atoms with Crippen molar-refractivity contribution in [1.29, 1.82) is 0 Å². The summed E-state index contributed by atoms with van der Waals surface area (Å²) in [5, 5.41) is 3.07. The van der Waals surface area contributed by atoms with Crippen LogP contribution in [0.15, 0.2) is 42.5 Å². The lowest BCUT2D eigenvalue weighted by atomic mass is 9.79. The van der Waals surface area contributed by atoms with Crippen LogP contribution in [0.5, 0.6) is 0 Å². The van der Waals surface area contributed by atoms with E-state index >= 15 is 0 Å². The summed E-state index contributed by atoms with van der Waals surface area (Å²) in [6.45, 7) is 0.0500. The van der Waals surface area contributed by atoms with Gasteiger partial charge in [0, 0.05) is 12.5 Å². The van der Waals surface area contributed by atoms with Gasteiger partial charge in [-0.1, -0.05) is 24.3 Å². The largest absolute Gasteiger partial charge is 0.416 e. The monoisotopic (exact) mass is 428 g/mol. The van der Waals surface area contributed by atoms with Gasteiger partial charge in [-0.3, -0.25) is 14.4 Å². The van der Waals surface area contributed by atoms with Crippen molar-refractivity contribution >= 4 is 17.5 Å². The molecule has 1 saturated heterocycles. The normalized spacial score (nSPS) is 19.7. The predicted molar refractivity (Wildman–Crippen MR) is 96.0 cm³/mol. The molecule has 0 bridgehead atoms. The summed E-state index contributed by atoms with van der Waals surface area (Å²) in [5.41, 5.74) is -1.27. The minimum absolute atomic E-state index is 0.0500. The lowest BCUT2D eigenvalue weighted by Crippen LogP contribution is -2.48. The highest BCUT2D eigenvalue weighted by Crippen LogP contribution is 2.38. The van der Waals surface area contributed by atoms with Crippen molar-refractivity contribution in [2.45, 2.75) is 18.5 Å². The molecule has 30 heavy (non-hydrogen) atoms. The molecule has 0 unspecified atom stereocenters. The van der Waals surface area contributed by atoms with Crippen molar-refractivity contribution < 1.29 is 36.4 Å². The van der Waals surface area contributed by atoms with Crippen molar-refractivity contribution in [3.8, 4) is 0 Å². The van der Waals surface area contributed by atoms with Crippen LogP contribution in [0.4, 0.5) is 27.6 Å². The smallest absolute Gasteiger partial charge is 0.323 e. The molecule has 160 valence electrons. The zero-order valence-corrected chi connectivity index (χ0v) is 15.7. The van der Waals surface area contributed by atoms with Crippen molar-refractivity contribution in [1.82, 2.24) is 5.06 Å². The van der Waals surface area contributed by atoms with Gasteiger partial charge in [-0.2, -0.15) is 13.2 Å². The second-order valence-electron chi connectivity index (χ2n) is 6.71. The number of rotatable bonds is 4. The molecule has 2 aromatic rings. The van der Waals surface area contributed by atoms with Gasteiger partial charge in [0.15, 0.2) is 11.6 Å². The third-order valence-corrected chi connectivity index (χ3v) is 4.91. The molecule has 1 N–H and O–H groups in total. The molecular weight excluding hydrogens is 411 g/mol. The Morgan fingerprint density at radius 3 is 2.53 bits per heavy atom. The first-order valence-corrected chi connectivity index (χ1v) is 8.91. The molecule has 3 rings (SSSR count). The number of alkyl halides is 3. The Labute approximate surface area is 168 Å². The molecule has 10 heteroatoms. The van der Waals surface area contributed by atoms with E-state index in [1.165, 1.54) is 25.3 Å². The van der Waals surface area contributed by atoms with Crippen molar-refractivity contribution in [2.24, 2.45) is 5.92 Å². The third kappa shape index (κ3) is 4.28. The number of hydroxylamine groups is 2. The van der Waals surface area contributed by atoms with E-state index in [-0.39, 0.29) is 18.5 Å². The van der Waals surface area contributed by atoms with Crippen LogP contribution < -0.4 is 5.32 Å². The Kier molecular flexibility index (Phi) is 6.06. The molecule has 0 aromatic heterocycles. The van der Waals surface area contributed by atoms with Crippen molar-refractivity contribution in [3.05, 3.63) is 65.2 Å². The maximum atomic E-state index is 13.9. The minimum Gasteiger partial charge on any atom is -0.323 e. The summed E-state index contributed by atoms with van der Waals surface area (Å²) in [5.74, 6) is -6.69. The van der Waals surface area contributed by atoms with Crippen LogP contribution in [0, 0.1) is 17.6 Å². The Balaban J connectivity index is 1.97. The quantitative estimate of drug-likeness (QED) is 0.589. The lowest BCUT2D eigenvalue weighted by molar-refractivity contribution is -0.188. The van der Waals surface area contributed by atoms with Gasteiger partial charge in [0.05, 0.1) is 18.4 Å². The van der Waals surface area contributed by atoms with Gasteiger partial charge in [0.25, 0.3) is 5.91 Å². The summed E-state index contributed by atoms with van der Waals surface area (Å²) in [4.78, 5) is 30.5. The van der Waals surface area contributed by atoms with Crippen molar-refractivity contribution in [3.63, 3.8) is 0 Å². The van der Waals surface area contributed by atoms with Crippen LogP contribution in [0.25, 0.3) is 0 Å². The van der Waals surface area contributed by atoms with Gasteiger partial charge in [-0.15, -0.1) is 0 Å². The summed E-state index contributed by atoms with van der Waals surface area (Å²) in [6, 6.07) is 7.47. The molecule has 0 radical (unpaired) electrons. The molecule has 2 atom stereocenters. The Morgan fingerprint density at radius 2 is 1.87 bits per heavy atom. The van der Waals surface area contributed by atoms with E-state index in [0.717, 1.165) is 29.3 Å². The fourth-order valence-corrected chi connectivity index (χ4v) is 3.45. The number of carbonyl (C=O) groups is 2. The van der Waals surface area contributed by atoms with Gasteiger partial charge in [0.1, 0.15) is 5.92 Å². The van der Waals surface area contributed by atoms with Crippen LogP contribution in [0.1, 0.15) is 23.5 Å². The first-order valence-electron chi connectivity index (χ1n) is 8.91. The first kappa shape index (κ1) is 21.7. The minimum atomic E-state index is -4.60. The van der Waals surface area contributed by atoms with Crippen LogP contribution in [0.3, 0.4) is 0 Å². The average Bonchev–Trinajstić information content (AvgIpc) is 2.70. The maximum Gasteiger partial charge on any atom is 0.416 e. The summed E-state index contributed by atoms with van der Waals surface area (Å²) < 4.78 is 66.7. The highest BCUT2D eigenvalue weighted by Gasteiger charge is 2.43. The molecule has 0 saturated carbocycles. The first-order chi connectivity index (χ1) is 14.1. The van der Waals surface area contributed by atoms with E-state index in [9.17, 15) is 31.5 Å². The fourth-order valence-electron chi connectivity index (χ4n) is 3.45. The maximum absolute atomic E-state index is 13.9. The average molecular weight is 428 g/mol. The SMILES string of the molecule is CON1CC[C@H](c2cccc(C(F)(F)F)c2)[C@@H](C(=O)Nc2cccc(F)c2F)C1=O. The number of hydrogen-bond donors (Lipinski definition) is 1. The summed E-state index contributed by atoms with van der Waals surface area (Å²) >= 11 is 0. The number of hydrogen-bond acceptors (Lipinski definition) is 3. The molecular formula is C20H17F5N2O3. The molecule has 1 aliphatic heterocycles. The number of carbonyl (C=O) groups excluding carboxylic acids is 2. The van der Waals surface area contributed by atoms with E-state index in [0.29, 0.717) is 0 Å². The topological polar surface area (TPSA) is 58.6 Å². The van der Waals surface area contributed by atoms with E-state index < -0.39 is 52.7 Å². The lowest BCUT2D eigenvalue weighted by Gasteiger charge is -2.36.